The van der Waals surface area contributed by atoms with Crippen molar-refractivity contribution >= 4 is 19.0 Å². The molecule has 4 rings (SSSR count). The van der Waals surface area contributed by atoms with Gasteiger partial charge in [-0.25, -0.2) is 0 Å². The minimum Gasteiger partial charge on any atom is -0.361 e. The highest BCUT2D eigenvalue weighted by Crippen LogP contribution is 2.42. The second kappa shape index (κ2) is 7.18. The van der Waals surface area contributed by atoms with E-state index in [4.69, 9.17) is 0 Å². The first-order valence-electron chi connectivity index (χ1n) is 9.73. The van der Waals surface area contributed by atoms with Gasteiger partial charge in [0.2, 0.25) is 0 Å². The second-order valence-electron chi connectivity index (χ2n) is 8.23. The van der Waals surface area contributed by atoms with Crippen LogP contribution in [0.4, 0.5) is 0 Å². The van der Waals surface area contributed by atoms with E-state index >= 15 is 0 Å². The van der Waals surface area contributed by atoms with Crippen molar-refractivity contribution in [3.05, 3.63) is 108 Å². The Morgan fingerprint density at radius 2 is 1.25 bits per heavy atom. The fraction of sp³-hybridized carbons (Fsp3) is 0.154. The van der Waals surface area contributed by atoms with Crippen LogP contribution in [0.3, 0.4) is 0 Å². The fourth-order valence-electron chi connectivity index (χ4n) is 3.73. The van der Waals surface area contributed by atoms with Crippen LogP contribution in [0.15, 0.2) is 91.1 Å². The maximum absolute atomic E-state index is 3.79. The predicted molar refractivity (Wildman–Crippen MR) is 122 cm³/mol. The molecule has 4 aromatic rings. The van der Waals surface area contributed by atoms with Crippen LogP contribution in [-0.2, 0) is 5.41 Å². The molecule has 28 heavy (non-hydrogen) atoms. The van der Waals surface area contributed by atoms with E-state index < -0.39 is 13.5 Å². The van der Waals surface area contributed by atoms with Gasteiger partial charge in [0.05, 0.1) is 0 Å². The summed E-state index contributed by atoms with van der Waals surface area (Å²) in [6, 6.07) is 29.9. The summed E-state index contributed by atoms with van der Waals surface area (Å²) in [7, 11) is -1.58. The van der Waals surface area contributed by atoms with Crippen LogP contribution in [-0.4, -0.2) is 13.1 Å². The van der Waals surface area contributed by atoms with E-state index in [9.17, 15) is 0 Å². The molecule has 2 heteroatoms. The minimum absolute atomic E-state index is 0.512. The number of hydrogen-bond acceptors (Lipinski definition) is 0. The van der Waals surface area contributed by atoms with Gasteiger partial charge in [-0.05, 0) is 17.2 Å². The van der Waals surface area contributed by atoms with E-state index in [2.05, 4.69) is 127 Å². The lowest BCUT2D eigenvalue weighted by atomic mass is 9.70. The number of rotatable bonds is 3. The first-order valence-corrected chi connectivity index (χ1v) is 13.2. The summed E-state index contributed by atoms with van der Waals surface area (Å²) in [6.45, 7) is 6.90. The zero-order valence-corrected chi connectivity index (χ0v) is 17.7. The Morgan fingerprint density at radius 3 is 1.82 bits per heavy atom. The molecule has 3 aromatic carbocycles. The highest BCUT2D eigenvalue weighted by molar-refractivity contribution is 6.83. The lowest BCUT2D eigenvalue weighted by Crippen LogP contribution is -2.29. The lowest BCUT2D eigenvalue weighted by molar-refractivity contribution is 0.818. The normalized spacial score (nSPS) is 11.8. The molecule has 1 N–H and O–H groups in total. The SMILES string of the molecule is C[Si](C)(C)C#CC(c1ccccc1)(c1ccccc1)c1c[nH]c2ccccc12. The standard InChI is InChI=1S/C26H25NSi/c1-28(2,3)19-18-26(21-12-6-4-7-13-21,22-14-8-5-9-15-22)24-20-27-25-17-11-10-16-23(24)25/h4-17,20,27H,1-3H3. The molecule has 0 unspecified atom stereocenters. The van der Waals surface area contributed by atoms with Gasteiger partial charge >= 0.3 is 0 Å². The summed E-state index contributed by atoms with van der Waals surface area (Å²) in [6.07, 6.45) is 2.14. The van der Waals surface area contributed by atoms with Gasteiger partial charge in [0.15, 0.2) is 0 Å². The zero-order chi connectivity index (χ0) is 19.6. The molecular weight excluding hydrogens is 354 g/mol. The predicted octanol–water partition coefficient (Wildman–Crippen LogP) is 6.38. The summed E-state index contributed by atoms with van der Waals surface area (Å²) in [5.41, 5.74) is 7.94. The van der Waals surface area contributed by atoms with E-state index in [0.717, 1.165) is 5.52 Å². The van der Waals surface area contributed by atoms with Crippen LogP contribution in [0.25, 0.3) is 10.9 Å². The monoisotopic (exact) mass is 379 g/mol. The first-order chi connectivity index (χ1) is 13.5. The Labute approximate surface area is 168 Å². The third kappa shape index (κ3) is 3.30. The molecule has 0 saturated carbocycles. The van der Waals surface area contributed by atoms with Crippen molar-refractivity contribution in [3.8, 4) is 11.5 Å². The summed E-state index contributed by atoms with van der Waals surface area (Å²) in [4.78, 5) is 3.47. The van der Waals surface area contributed by atoms with Crippen LogP contribution in [0, 0.1) is 11.5 Å². The number of hydrogen-bond donors (Lipinski definition) is 1. The Morgan fingerprint density at radius 1 is 0.714 bits per heavy atom. The number of fused-ring (bicyclic) bond motifs is 1. The number of nitrogens with one attached hydrogen (secondary N) is 1. The first kappa shape index (κ1) is 18.3. The number of benzene rings is 3. The van der Waals surface area contributed by atoms with Crippen LogP contribution >= 0.6 is 0 Å². The molecule has 0 spiro atoms. The topological polar surface area (TPSA) is 15.8 Å². The minimum atomic E-state index is -1.58. The fourth-order valence-corrected chi connectivity index (χ4v) is 4.29. The van der Waals surface area contributed by atoms with Gasteiger partial charge in [0, 0.05) is 22.7 Å². The highest BCUT2D eigenvalue weighted by Gasteiger charge is 2.37. The van der Waals surface area contributed by atoms with Gasteiger partial charge in [-0.1, -0.05) is 104 Å². The summed E-state index contributed by atoms with van der Waals surface area (Å²) in [5.74, 6) is 3.79. The van der Waals surface area contributed by atoms with Crippen molar-refractivity contribution < 1.29 is 0 Å². The molecule has 0 atom stereocenters. The maximum atomic E-state index is 3.79. The quantitative estimate of drug-likeness (QED) is 0.314. The molecule has 1 heterocycles. The molecule has 0 aliphatic rings. The molecule has 0 aliphatic heterocycles. The maximum Gasteiger partial charge on any atom is 0.129 e. The molecule has 1 nitrogen and oxygen atoms in total. The van der Waals surface area contributed by atoms with Crippen molar-refractivity contribution in [1.29, 1.82) is 0 Å². The number of aromatic nitrogens is 1. The number of aromatic amines is 1. The Hall–Kier alpha value is -3.02. The Kier molecular flexibility index (Phi) is 4.71. The lowest BCUT2D eigenvalue weighted by Gasteiger charge is -2.31. The molecule has 0 amide bonds. The van der Waals surface area contributed by atoms with Crippen molar-refractivity contribution in [2.24, 2.45) is 0 Å². The third-order valence-electron chi connectivity index (χ3n) is 5.03. The molecule has 138 valence electrons. The van der Waals surface area contributed by atoms with Crippen LogP contribution in [0.5, 0.6) is 0 Å². The van der Waals surface area contributed by atoms with Crippen molar-refractivity contribution in [2.75, 3.05) is 0 Å². The van der Waals surface area contributed by atoms with Crippen molar-refractivity contribution in [3.63, 3.8) is 0 Å². The van der Waals surface area contributed by atoms with E-state index in [1.165, 1.54) is 22.1 Å². The van der Waals surface area contributed by atoms with Crippen LogP contribution in [0.1, 0.15) is 16.7 Å². The molecule has 0 fully saturated rings. The Balaban J connectivity index is 2.13. The van der Waals surface area contributed by atoms with Gasteiger partial charge in [-0.15, -0.1) is 5.54 Å². The number of para-hydroxylation sites is 1. The molecule has 0 bridgehead atoms. The van der Waals surface area contributed by atoms with Crippen LogP contribution < -0.4 is 0 Å². The average Bonchev–Trinajstić information content (AvgIpc) is 3.14. The van der Waals surface area contributed by atoms with Crippen LogP contribution in [0.2, 0.25) is 19.6 Å². The van der Waals surface area contributed by atoms with E-state index in [-0.39, 0.29) is 0 Å². The summed E-state index contributed by atoms with van der Waals surface area (Å²) in [5, 5.41) is 1.22. The second-order valence-corrected chi connectivity index (χ2v) is 13.0. The molecule has 0 radical (unpaired) electrons. The van der Waals surface area contributed by atoms with Gasteiger partial charge in [0.25, 0.3) is 0 Å². The molecule has 1 aromatic heterocycles. The van der Waals surface area contributed by atoms with Crippen molar-refractivity contribution in [1.82, 2.24) is 4.98 Å². The van der Waals surface area contributed by atoms with E-state index in [1.807, 2.05) is 0 Å². The van der Waals surface area contributed by atoms with Gasteiger partial charge in [0.1, 0.15) is 13.5 Å². The van der Waals surface area contributed by atoms with E-state index in [1.54, 1.807) is 0 Å². The summed E-state index contributed by atoms with van der Waals surface area (Å²) >= 11 is 0. The zero-order valence-electron chi connectivity index (χ0n) is 16.7. The number of H-pyrrole nitrogens is 1. The van der Waals surface area contributed by atoms with Gasteiger partial charge in [-0.2, -0.15) is 0 Å². The van der Waals surface area contributed by atoms with Crippen molar-refractivity contribution in [2.45, 2.75) is 25.1 Å². The highest BCUT2D eigenvalue weighted by atomic mass is 28.3. The Bertz CT molecular complexity index is 1100. The third-order valence-corrected chi connectivity index (χ3v) is 5.91. The summed E-state index contributed by atoms with van der Waals surface area (Å²) < 4.78 is 0. The van der Waals surface area contributed by atoms with Gasteiger partial charge < -0.3 is 4.98 Å². The van der Waals surface area contributed by atoms with Gasteiger partial charge in [-0.3, -0.25) is 0 Å². The molecule has 0 aliphatic carbocycles. The van der Waals surface area contributed by atoms with E-state index in [0.29, 0.717) is 0 Å². The average molecular weight is 380 g/mol. The molecular formula is C26H25NSi. The molecule has 0 saturated heterocycles. The largest absolute Gasteiger partial charge is 0.361 e. The smallest absolute Gasteiger partial charge is 0.129 e.